The van der Waals surface area contributed by atoms with Crippen molar-refractivity contribution in [2.24, 2.45) is 0 Å². The van der Waals surface area contributed by atoms with Crippen molar-refractivity contribution in [2.75, 3.05) is 13.1 Å². The molecule has 23 heavy (non-hydrogen) atoms. The van der Waals surface area contributed by atoms with Gasteiger partial charge >= 0.3 is 0 Å². The van der Waals surface area contributed by atoms with Gasteiger partial charge in [0.05, 0.1) is 10.9 Å². The van der Waals surface area contributed by atoms with E-state index in [2.05, 4.69) is 4.72 Å². The third kappa shape index (κ3) is 3.38. The van der Waals surface area contributed by atoms with Crippen molar-refractivity contribution in [3.05, 3.63) is 42.5 Å². The molecule has 1 fully saturated rings. The zero-order valence-electron chi connectivity index (χ0n) is 13.0. The first-order chi connectivity index (χ1) is 11.0. The van der Waals surface area contributed by atoms with Gasteiger partial charge < -0.3 is 4.90 Å². The fraction of sp³-hybridized carbons (Fsp3) is 0.353. The van der Waals surface area contributed by atoms with Crippen molar-refractivity contribution in [1.29, 1.82) is 0 Å². The molecule has 2 aromatic carbocycles. The second kappa shape index (κ2) is 6.29. The van der Waals surface area contributed by atoms with E-state index in [1.165, 1.54) is 0 Å². The first kappa shape index (κ1) is 16.0. The lowest BCUT2D eigenvalue weighted by Gasteiger charge is -2.21. The van der Waals surface area contributed by atoms with E-state index >= 15 is 0 Å². The number of nitrogens with zero attached hydrogens (tertiary/aromatic N) is 1. The molecule has 0 unspecified atom stereocenters. The van der Waals surface area contributed by atoms with Crippen molar-refractivity contribution in [2.45, 2.75) is 30.7 Å². The van der Waals surface area contributed by atoms with Crippen molar-refractivity contribution >= 4 is 26.7 Å². The van der Waals surface area contributed by atoms with E-state index in [4.69, 9.17) is 0 Å². The van der Waals surface area contributed by atoms with Gasteiger partial charge in [-0.15, -0.1) is 0 Å². The molecular formula is C17H20N2O3S. The van der Waals surface area contributed by atoms with Crippen LogP contribution in [-0.4, -0.2) is 38.4 Å². The Morgan fingerprint density at radius 3 is 2.43 bits per heavy atom. The van der Waals surface area contributed by atoms with E-state index in [9.17, 15) is 13.2 Å². The number of carbonyl (C=O) groups is 1. The zero-order valence-corrected chi connectivity index (χ0v) is 13.8. The lowest BCUT2D eigenvalue weighted by Crippen LogP contribution is -2.45. The lowest BCUT2D eigenvalue weighted by atomic mass is 10.1. The van der Waals surface area contributed by atoms with Crippen LogP contribution >= 0.6 is 0 Å². The average Bonchev–Trinajstić information content (AvgIpc) is 3.07. The summed E-state index contributed by atoms with van der Waals surface area (Å²) in [6.45, 7) is 3.01. The fourth-order valence-electron chi connectivity index (χ4n) is 2.90. The first-order valence-corrected chi connectivity index (χ1v) is 9.26. The van der Waals surface area contributed by atoms with Crippen LogP contribution in [0.4, 0.5) is 0 Å². The summed E-state index contributed by atoms with van der Waals surface area (Å²) in [5, 5.41) is 1.83. The summed E-state index contributed by atoms with van der Waals surface area (Å²) < 4.78 is 27.5. The molecule has 0 spiro atoms. The van der Waals surface area contributed by atoms with Gasteiger partial charge in [0, 0.05) is 13.1 Å². The molecule has 5 nitrogen and oxygen atoms in total. The lowest BCUT2D eigenvalue weighted by molar-refractivity contribution is -0.131. The Kier molecular flexibility index (Phi) is 4.37. The summed E-state index contributed by atoms with van der Waals surface area (Å²) in [5.74, 6) is -0.160. The molecule has 1 atom stereocenters. The quantitative estimate of drug-likeness (QED) is 0.933. The van der Waals surface area contributed by atoms with Gasteiger partial charge in [-0.25, -0.2) is 8.42 Å². The van der Waals surface area contributed by atoms with E-state index in [0.717, 1.165) is 23.6 Å². The Morgan fingerprint density at radius 2 is 1.74 bits per heavy atom. The van der Waals surface area contributed by atoms with Gasteiger partial charge in [0.1, 0.15) is 0 Å². The van der Waals surface area contributed by atoms with Crippen LogP contribution in [0, 0.1) is 0 Å². The highest BCUT2D eigenvalue weighted by Gasteiger charge is 2.27. The molecule has 0 saturated carbocycles. The van der Waals surface area contributed by atoms with Gasteiger partial charge in [0.15, 0.2) is 0 Å². The summed E-state index contributed by atoms with van der Waals surface area (Å²) in [6, 6.07) is 11.8. The molecule has 1 heterocycles. The molecule has 0 radical (unpaired) electrons. The molecule has 6 heteroatoms. The molecular weight excluding hydrogens is 312 g/mol. The second-order valence-electron chi connectivity index (χ2n) is 5.88. The smallest absolute Gasteiger partial charge is 0.241 e. The predicted octanol–water partition coefficient (Wildman–Crippen LogP) is 2.13. The van der Waals surface area contributed by atoms with Gasteiger partial charge in [-0.3, -0.25) is 4.79 Å². The standard InChI is InChI=1S/C17H20N2O3S/c1-13(17(20)19-10-4-5-11-19)18-23(21,22)16-9-8-14-6-2-3-7-15(14)12-16/h2-3,6-9,12-13,18H,4-5,10-11H2,1H3/t13-/m0/s1. The molecule has 122 valence electrons. The van der Waals surface area contributed by atoms with Crippen LogP contribution < -0.4 is 4.72 Å². The Hall–Kier alpha value is -1.92. The number of carbonyl (C=O) groups excluding carboxylic acids is 1. The van der Waals surface area contributed by atoms with Gasteiger partial charge in [-0.05, 0) is 42.7 Å². The predicted molar refractivity (Wildman–Crippen MR) is 89.5 cm³/mol. The topological polar surface area (TPSA) is 66.5 Å². The first-order valence-electron chi connectivity index (χ1n) is 7.77. The zero-order chi connectivity index (χ0) is 16.4. The minimum atomic E-state index is -3.72. The summed E-state index contributed by atoms with van der Waals surface area (Å²) in [6.07, 6.45) is 1.96. The Balaban J connectivity index is 1.80. The molecule has 1 N–H and O–H groups in total. The van der Waals surface area contributed by atoms with E-state index in [-0.39, 0.29) is 10.8 Å². The number of hydrogen-bond donors (Lipinski definition) is 1. The number of rotatable bonds is 4. The van der Waals surface area contributed by atoms with Crippen LogP contribution in [0.15, 0.2) is 47.4 Å². The minimum Gasteiger partial charge on any atom is -0.341 e. The largest absolute Gasteiger partial charge is 0.341 e. The summed E-state index contributed by atoms with van der Waals surface area (Å²) in [7, 11) is -3.72. The Bertz CT molecular complexity index is 827. The number of fused-ring (bicyclic) bond motifs is 1. The van der Waals surface area contributed by atoms with Crippen LogP contribution in [-0.2, 0) is 14.8 Å². The normalized spacial score (nSPS) is 16.7. The highest BCUT2D eigenvalue weighted by molar-refractivity contribution is 7.89. The highest BCUT2D eigenvalue weighted by atomic mass is 32.2. The summed E-state index contributed by atoms with van der Waals surface area (Å²) in [5.41, 5.74) is 0. The summed E-state index contributed by atoms with van der Waals surface area (Å²) in [4.78, 5) is 14.2. The van der Waals surface area contributed by atoms with E-state index in [0.29, 0.717) is 13.1 Å². The molecule has 2 aromatic rings. The van der Waals surface area contributed by atoms with Crippen LogP contribution in [0.3, 0.4) is 0 Å². The average molecular weight is 332 g/mol. The SMILES string of the molecule is C[C@H](NS(=O)(=O)c1ccc2ccccc2c1)C(=O)N1CCCC1. The molecule has 1 aliphatic heterocycles. The van der Waals surface area contributed by atoms with Crippen LogP contribution in [0.25, 0.3) is 10.8 Å². The molecule has 1 saturated heterocycles. The number of amides is 1. The fourth-order valence-corrected chi connectivity index (χ4v) is 4.13. The number of sulfonamides is 1. The van der Waals surface area contributed by atoms with Crippen LogP contribution in [0.2, 0.25) is 0 Å². The molecule has 0 aromatic heterocycles. The van der Waals surface area contributed by atoms with E-state index in [1.54, 1.807) is 30.0 Å². The molecule has 0 aliphatic carbocycles. The Morgan fingerprint density at radius 1 is 1.09 bits per heavy atom. The monoisotopic (exact) mass is 332 g/mol. The van der Waals surface area contributed by atoms with E-state index in [1.807, 2.05) is 24.3 Å². The number of nitrogens with one attached hydrogen (secondary N) is 1. The number of benzene rings is 2. The minimum absolute atomic E-state index is 0.160. The molecule has 0 bridgehead atoms. The molecule has 1 aliphatic rings. The van der Waals surface area contributed by atoms with Gasteiger partial charge in [0.2, 0.25) is 15.9 Å². The number of hydrogen-bond acceptors (Lipinski definition) is 3. The van der Waals surface area contributed by atoms with Crippen molar-refractivity contribution in [3.63, 3.8) is 0 Å². The number of likely N-dealkylation sites (tertiary alicyclic amines) is 1. The van der Waals surface area contributed by atoms with Crippen LogP contribution in [0.1, 0.15) is 19.8 Å². The van der Waals surface area contributed by atoms with Gasteiger partial charge in [-0.2, -0.15) is 4.72 Å². The van der Waals surface area contributed by atoms with Crippen molar-refractivity contribution in [3.8, 4) is 0 Å². The summed E-state index contributed by atoms with van der Waals surface area (Å²) >= 11 is 0. The molecule has 1 amide bonds. The van der Waals surface area contributed by atoms with Crippen molar-refractivity contribution in [1.82, 2.24) is 9.62 Å². The highest BCUT2D eigenvalue weighted by Crippen LogP contribution is 2.19. The third-order valence-corrected chi connectivity index (χ3v) is 5.69. The molecule has 3 rings (SSSR count). The second-order valence-corrected chi connectivity index (χ2v) is 7.60. The van der Waals surface area contributed by atoms with E-state index < -0.39 is 16.1 Å². The van der Waals surface area contributed by atoms with Gasteiger partial charge in [-0.1, -0.05) is 30.3 Å². The maximum atomic E-state index is 12.5. The van der Waals surface area contributed by atoms with Gasteiger partial charge in [0.25, 0.3) is 0 Å². The third-order valence-electron chi connectivity index (χ3n) is 4.15. The van der Waals surface area contributed by atoms with Crippen LogP contribution in [0.5, 0.6) is 0 Å². The van der Waals surface area contributed by atoms with Crippen molar-refractivity contribution < 1.29 is 13.2 Å². The Labute approximate surface area is 136 Å². The maximum Gasteiger partial charge on any atom is 0.241 e. The maximum absolute atomic E-state index is 12.5.